The van der Waals surface area contributed by atoms with Crippen molar-refractivity contribution in [2.24, 2.45) is 0 Å². The third-order valence-electron chi connectivity index (χ3n) is 2.50. The minimum absolute atomic E-state index is 0.931. The Hall–Kier alpha value is -0.0200. The molecule has 1 aromatic rings. The lowest BCUT2D eigenvalue weighted by Crippen LogP contribution is -1.88. The Morgan fingerprint density at radius 2 is 2.00 bits per heavy atom. The fourth-order valence-electron chi connectivity index (χ4n) is 1.49. The summed E-state index contributed by atoms with van der Waals surface area (Å²) >= 11 is 5.27. The van der Waals surface area contributed by atoms with Gasteiger partial charge in [-0.15, -0.1) is 11.3 Å². The highest BCUT2D eigenvalue weighted by atomic mass is 79.9. The lowest BCUT2D eigenvalue weighted by molar-refractivity contribution is 0.669. The second-order valence-corrected chi connectivity index (χ2v) is 6.07. The molecular formula is C11H18BrNS. The number of thiophene rings is 1. The first kappa shape index (κ1) is 12.1. The lowest BCUT2D eigenvalue weighted by atomic mass is 10.1. The van der Waals surface area contributed by atoms with Gasteiger partial charge in [-0.05, 0) is 41.3 Å². The maximum atomic E-state index is 5.90. The van der Waals surface area contributed by atoms with E-state index in [1.807, 2.05) is 0 Å². The number of halogens is 1. The van der Waals surface area contributed by atoms with Crippen LogP contribution in [0, 0.1) is 6.92 Å². The predicted octanol–water partition coefficient (Wildman–Crippen LogP) is 4.52. The van der Waals surface area contributed by atoms with Gasteiger partial charge in [0.25, 0.3) is 0 Å². The summed E-state index contributed by atoms with van der Waals surface area (Å²) in [6.45, 7) is 4.36. The molecule has 14 heavy (non-hydrogen) atoms. The van der Waals surface area contributed by atoms with Crippen LogP contribution < -0.4 is 5.73 Å². The molecule has 1 aromatic heterocycles. The molecule has 0 aromatic carbocycles. The highest BCUT2D eigenvalue weighted by molar-refractivity contribution is 9.11. The van der Waals surface area contributed by atoms with Gasteiger partial charge < -0.3 is 5.73 Å². The van der Waals surface area contributed by atoms with Crippen LogP contribution in [0.25, 0.3) is 0 Å². The summed E-state index contributed by atoms with van der Waals surface area (Å²) in [5, 5.41) is 0. The van der Waals surface area contributed by atoms with Gasteiger partial charge in [-0.2, -0.15) is 0 Å². The van der Waals surface area contributed by atoms with Crippen LogP contribution in [0.1, 0.15) is 43.0 Å². The van der Waals surface area contributed by atoms with Gasteiger partial charge in [0.05, 0.1) is 9.47 Å². The number of hydrogen-bond acceptors (Lipinski definition) is 2. The van der Waals surface area contributed by atoms with Crippen molar-refractivity contribution in [3.8, 4) is 0 Å². The Labute approximate surface area is 98.8 Å². The average molecular weight is 276 g/mol. The van der Waals surface area contributed by atoms with E-state index < -0.39 is 0 Å². The van der Waals surface area contributed by atoms with Crippen molar-refractivity contribution in [3.63, 3.8) is 0 Å². The van der Waals surface area contributed by atoms with Crippen molar-refractivity contribution in [2.75, 3.05) is 5.73 Å². The number of unbranched alkanes of at least 4 members (excludes halogenated alkanes) is 3. The summed E-state index contributed by atoms with van der Waals surface area (Å²) in [4.78, 5) is 1.45. The largest absolute Gasteiger partial charge is 0.397 e. The fourth-order valence-corrected chi connectivity index (χ4v) is 3.36. The third-order valence-corrected chi connectivity index (χ3v) is 4.57. The highest BCUT2D eigenvalue weighted by Gasteiger charge is 2.09. The maximum Gasteiger partial charge on any atom is 0.0933 e. The molecule has 0 aliphatic heterocycles. The fraction of sp³-hybridized carbons (Fsp3) is 0.636. The van der Waals surface area contributed by atoms with Crippen molar-refractivity contribution in [2.45, 2.75) is 46.0 Å². The molecule has 1 nitrogen and oxygen atoms in total. The van der Waals surface area contributed by atoms with Crippen LogP contribution in [-0.4, -0.2) is 0 Å². The standard InChI is InChI=1S/C11H18BrNS/c1-3-4-5-6-7-9-8(2)10(13)11(12)14-9/h3-7,13H2,1-2H3. The molecule has 0 amide bonds. The first-order chi connectivity index (χ1) is 6.66. The molecule has 0 saturated heterocycles. The summed E-state index contributed by atoms with van der Waals surface area (Å²) in [5.41, 5.74) is 8.10. The van der Waals surface area contributed by atoms with E-state index in [9.17, 15) is 0 Å². The molecular weight excluding hydrogens is 258 g/mol. The van der Waals surface area contributed by atoms with E-state index in [1.54, 1.807) is 11.3 Å². The number of aryl methyl sites for hydroxylation is 1. The monoisotopic (exact) mass is 275 g/mol. The number of rotatable bonds is 5. The molecule has 0 atom stereocenters. The van der Waals surface area contributed by atoms with Crippen LogP contribution >= 0.6 is 27.3 Å². The van der Waals surface area contributed by atoms with Crippen LogP contribution in [0.4, 0.5) is 5.69 Å². The van der Waals surface area contributed by atoms with Gasteiger partial charge >= 0.3 is 0 Å². The van der Waals surface area contributed by atoms with Crippen molar-refractivity contribution in [1.29, 1.82) is 0 Å². The van der Waals surface area contributed by atoms with E-state index in [2.05, 4.69) is 29.8 Å². The van der Waals surface area contributed by atoms with E-state index in [-0.39, 0.29) is 0 Å². The quantitative estimate of drug-likeness (QED) is 0.786. The molecule has 0 unspecified atom stereocenters. The summed E-state index contributed by atoms with van der Waals surface area (Å²) in [5.74, 6) is 0. The van der Waals surface area contributed by atoms with Crippen LogP contribution in [0.2, 0.25) is 0 Å². The minimum Gasteiger partial charge on any atom is -0.397 e. The third kappa shape index (κ3) is 2.99. The molecule has 2 N–H and O–H groups in total. The first-order valence-electron chi connectivity index (χ1n) is 5.20. The van der Waals surface area contributed by atoms with Crippen molar-refractivity contribution < 1.29 is 0 Å². The number of nitrogens with two attached hydrogens (primary N) is 1. The van der Waals surface area contributed by atoms with Gasteiger partial charge in [-0.1, -0.05) is 26.2 Å². The first-order valence-corrected chi connectivity index (χ1v) is 6.81. The van der Waals surface area contributed by atoms with E-state index in [4.69, 9.17) is 5.73 Å². The zero-order valence-corrected chi connectivity index (χ0v) is 11.3. The van der Waals surface area contributed by atoms with Crippen LogP contribution in [0.5, 0.6) is 0 Å². The second kappa shape index (κ2) is 5.76. The molecule has 0 radical (unpaired) electrons. The van der Waals surface area contributed by atoms with Crippen molar-refractivity contribution in [3.05, 3.63) is 14.2 Å². The Morgan fingerprint density at radius 3 is 2.50 bits per heavy atom. The predicted molar refractivity (Wildman–Crippen MR) is 69.0 cm³/mol. The Bertz CT molecular complexity index is 294. The zero-order chi connectivity index (χ0) is 10.6. The molecule has 1 heterocycles. The van der Waals surface area contributed by atoms with Crippen molar-refractivity contribution in [1.82, 2.24) is 0 Å². The molecule has 1 rings (SSSR count). The Kier molecular flexibility index (Phi) is 4.96. The van der Waals surface area contributed by atoms with Gasteiger partial charge in [0.15, 0.2) is 0 Å². The molecule has 0 spiro atoms. The highest BCUT2D eigenvalue weighted by Crippen LogP contribution is 2.35. The Balaban J connectivity index is 2.47. The maximum absolute atomic E-state index is 5.90. The molecule has 0 bridgehead atoms. The van der Waals surface area contributed by atoms with E-state index in [1.165, 1.54) is 42.5 Å². The smallest absolute Gasteiger partial charge is 0.0933 e. The number of nitrogen functional groups attached to an aromatic ring is 1. The van der Waals surface area contributed by atoms with E-state index in [0.717, 1.165) is 9.47 Å². The normalized spacial score (nSPS) is 10.8. The van der Waals surface area contributed by atoms with Crippen LogP contribution in [0.15, 0.2) is 3.79 Å². The molecule has 80 valence electrons. The summed E-state index contributed by atoms with van der Waals surface area (Å²) in [7, 11) is 0. The molecule has 0 saturated carbocycles. The van der Waals surface area contributed by atoms with Crippen molar-refractivity contribution >= 4 is 33.0 Å². The van der Waals surface area contributed by atoms with Gasteiger partial charge in [-0.3, -0.25) is 0 Å². The molecule has 0 fully saturated rings. The van der Waals surface area contributed by atoms with Gasteiger partial charge in [0.2, 0.25) is 0 Å². The molecule has 0 aliphatic carbocycles. The lowest BCUT2D eigenvalue weighted by Gasteiger charge is -1.99. The second-order valence-electron chi connectivity index (χ2n) is 3.65. The van der Waals surface area contributed by atoms with E-state index >= 15 is 0 Å². The topological polar surface area (TPSA) is 26.0 Å². The Morgan fingerprint density at radius 1 is 1.29 bits per heavy atom. The summed E-state index contributed by atoms with van der Waals surface area (Å²) < 4.78 is 1.10. The van der Waals surface area contributed by atoms with E-state index in [0.29, 0.717) is 0 Å². The molecule has 3 heteroatoms. The average Bonchev–Trinajstić information content (AvgIpc) is 2.41. The van der Waals surface area contributed by atoms with Gasteiger partial charge in [-0.25, -0.2) is 0 Å². The minimum atomic E-state index is 0.931. The summed E-state index contributed by atoms with van der Waals surface area (Å²) in [6.07, 6.45) is 6.47. The SMILES string of the molecule is CCCCCCc1sc(Br)c(N)c1C. The summed E-state index contributed by atoms with van der Waals surface area (Å²) in [6, 6.07) is 0. The van der Waals surface area contributed by atoms with Gasteiger partial charge in [0, 0.05) is 4.88 Å². The van der Waals surface area contributed by atoms with Gasteiger partial charge in [0.1, 0.15) is 0 Å². The number of anilines is 1. The van der Waals surface area contributed by atoms with Crippen LogP contribution in [-0.2, 0) is 6.42 Å². The molecule has 0 aliphatic rings. The zero-order valence-electron chi connectivity index (χ0n) is 8.90. The van der Waals surface area contributed by atoms with Crippen LogP contribution in [0.3, 0.4) is 0 Å². The number of hydrogen-bond donors (Lipinski definition) is 1.